The molecule has 0 spiro atoms. The first-order valence-electron chi connectivity index (χ1n) is 11.0. The summed E-state index contributed by atoms with van der Waals surface area (Å²) in [6.45, 7) is 7.90. The van der Waals surface area contributed by atoms with Gasteiger partial charge in [0.25, 0.3) is 5.91 Å². The number of rotatable bonds is 6. The molecule has 0 aromatic heterocycles. The average Bonchev–Trinajstić information content (AvgIpc) is 2.86. The summed E-state index contributed by atoms with van der Waals surface area (Å²) >= 11 is 0. The lowest BCUT2D eigenvalue weighted by Crippen LogP contribution is -2.45. The van der Waals surface area contributed by atoms with Gasteiger partial charge in [-0.25, -0.2) is 12.8 Å². The first-order valence-corrected chi connectivity index (χ1v) is 12.5. The van der Waals surface area contributed by atoms with E-state index in [2.05, 4.69) is 24.7 Å². The maximum atomic E-state index is 15.5. The maximum Gasteiger partial charge on any atom is 0.416 e. The van der Waals surface area contributed by atoms with Gasteiger partial charge in [0.15, 0.2) is 0 Å². The molecule has 0 bridgehead atoms. The predicted octanol–water partition coefficient (Wildman–Crippen LogP) is 6.28. The van der Waals surface area contributed by atoms with E-state index in [1.54, 1.807) is 0 Å². The highest BCUT2D eigenvalue weighted by atomic mass is 32.2. The minimum atomic E-state index is -4.81. The second kappa shape index (κ2) is 14.1. The Labute approximate surface area is 222 Å². The molecule has 1 aromatic carbocycles. The van der Waals surface area contributed by atoms with Crippen LogP contribution in [0.4, 0.5) is 30.7 Å². The molecule has 1 amide bonds. The third-order valence-electron chi connectivity index (χ3n) is 5.62. The number of carbonyl (C=O) groups excluding carboxylic acids is 2. The van der Waals surface area contributed by atoms with Gasteiger partial charge in [-0.05, 0) is 69.9 Å². The molecule has 0 saturated heterocycles. The Hall–Kier alpha value is -3.40. The molecule has 1 N–H and O–H groups in total. The van der Waals surface area contributed by atoms with Crippen LogP contribution >= 0.6 is 0 Å². The molecule has 1 aliphatic rings. The van der Waals surface area contributed by atoms with Gasteiger partial charge in [0.1, 0.15) is 6.79 Å². The lowest BCUT2D eigenvalue weighted by molar-refractivity contribution is -0.137. The lowest BCUT2D eigenvalue weighted by Gasteiger charge is -2.34. The summed E-state index contributed by atoms with van der Waals surface area (Å²) in [5, 5.41) is -0.280. The average molecular weight is 584 g/mol. The number of hydrogen-bond acceptors (Lipinski definition) is 4. The van der Waals surface area contributed by atoms with Crippen molar-refractivity contribution in [2.45, 2.75) is 67.8 Å². The van der Waals surface area contributed by atoms with Crippen LogP contribution in [-0.2, 0) is 25.6 Å². The topological polar surface area (TPSA) is 80.3 Å². The largest absolute Gasteiger partial charge is 0.416 e. The van der Waals surface area contributed by atoms with E-state index in [0.29, 0.717) is 23.8 Å². The fourth-order valence-electron chi connectivity index (χ4n) is 3.52. The Morgan fingerprint density at radius 1 is 1.05 bits per heavy atom. The van der Waals surface area contributed by atoms with Crippen LogP contribution in [0.2, 0.25) is 0 Å². The molecule has 0 aliphatic heterocycles. The van der Waals surface area contributed by atoms with E-state index in [1.165, 1.54) is 13.8 Å². The molecule has 0 radical (unpaired) electrons. The molecule has 1 aliphatic carbocycles. The molecule has 0 heterocycles. The lowest BCUT2D eigenvalue weighted by atomic mass is 9.93. The maximum absolute atomic E-state index is 15.5. The first kappa shape index (κ1) is 35.6. The second-order valence-corrected chi connectivity index (χ2v) is 10.6. The van der Waals surface area contributed by atoms with E-state index in [9.17, 15) is 39.6 Å². The van der Waals surface area contributed by atoms with Crippen LogP contribution < -0.4 is 5.32 Å². The summed E-state index contributed by atoms with van der Waals surface area (Å²) in [6.07, 6.45) is -1.31. The van der Waals surface area contributed by atoms with Crippen LogP contribution in [0.3, 0.4) is 0 Å². The zero-order valence-corrected chi connectivity index (χ0v) is 21.9. The molecule has 0 unspecified atom stereocenters. The first-order chi connectivity index (χ1) is 17.9. The van der Waals surface area contributed by atoms with E-state index in [4.69, 9.17) is 4.79 Å². The number of hydrogen-bond donors (Lipinski definition) is 1. The van der Waals surface area contributed by atoms with Crippen molar-refractivity contribution < 1.29 is 48.7 Å². The number of halogens is 7. The minimum Gasteiger partial charge on any atom is -0.349 e. The van der Waals surface area contributed by atoms with E-state index in [1.807, 2.05) is 6.79 Å². The number of terminal acetylenes is 1. The number of carbonyl (C=O) groups is 2. The van der Waals surface area contributed by atoms with Crippen LogP contribution in [0, 0.1) is 12.8 Å². The van der Waals surface area contributed by atoms with Crippen LogP contribution in [0.5, 0.6) is 0 Å². The highest BCUT2D eigenvalue weighted by Gasteiger charge is 2.48. The van der Waals surface area contributed by atoms with Gasteiger partial charge in [0.05, 0.1) is 10.5 Å². The summed E-state index contributed by atoms with van der Waals surface area (Å²) in [7, 11) is -4.77. The van der Waals surface area contributed by atoms with Gasteiger partial charge in [-0.15, -0.1) is 12.8 Å². The molecule has 0 atom stereocenters. The minimum absolute atomic E-state index is 0.0657. The van der Waals surface area contributed by atoms with Gasteiger partial charge < -0.3 is 10.1 Å². The van der Waals surface area contributed by atoms with Gasteiger partial charge in [0, 0.05) is 17.2 Å². The molecule has 2 rings (SSSR count). The Kier molecular flexibility index (Phi) is 12.9. The zero-order valence-electron chi connectivity index (χ0n) is 21.1. The smallest absolute Gasteiger partial charge is 0.349 e. The highest BCUT2D eigenvalue weighted by molar-refractivity contribution is 7.92. The number of benzene rings is 1. The van der Waals surface area contributed by atoms with Crippen molar-refractivity contribution in [2.75, 3.05) is 0 Å². The van der Waals surface area contributed by atoms with E-state index in [0.717, 1.165) is 18.2 Å². The van der Waals surface area contributed by atoms with Crippen molar-refractivity contribution in [3.05, 3.63) is 65.3 Å². The van der Waals surface area contributed by atoms with Crippen LogP contribution in [-0.4, -0.2) is 38.3 Å². The summed E-state index contributed by atoms with van der Waals surface area (Å²) < 4.78 is 118. The van der Waals surface area contributed by atoms with Crippen molar-refractivity contribution in [1.82, 2.24) is 5.32 Å². The fourth-order valence-corrected chi connectivity index (χ4v) is 5.26. The quantitative estimate of drug-likeness (QED) is 0.185. The molecule has 1 fully saturated rings. The predicted molar refractivity (Wildman–Crippen MR) is 133 cm³/mol. The van der Waals surface area contributed by atoms with Gasteiger partial charge >= 0.3 is 12.4 Å². The van der Waals surface area contributed by atoms with E-state index in [-0.39, 0.29) is 18.4 Å². The zero-order chi connectivity index (χ0) is 30.8. The summed E-state index contributed by atoms with van der Waals surface area (Å²) in [6, 6.07) is 2.15. The van der Waals surface area contributed by atoms with Gasteiger partial charge in [-0.2, -0.15) is 26.3 Å². The number of alkyl halides is 7. The third-order valence-corrected chi connectivity index (χ3v) is 7.87. The summed E-state index contributed by atoms with van der Waals surface area (Å²) in [4.78, 5) is 19.8. The number of nitrogens with one attached hydrogen (secondary N) is 1. The van der Waals surface area contributed by atoms with E-state index < -0.39 is 68.0 Å². The van der Waals surface area contributed by atoms with Crippen LogP contribution in [0.15, 0.2) is 64.6 Å². The monoisotopic (exact) mass is 583 g/mol. The molecular weight excluding hydrogens is 555 g/mol. The SMILES string of the molecule is C#C.C=C(/C=C\C(C(=O)NC1CCC(F)(S(=O)(=O)c2cccc(C(F)(F)F)c2)CC1)=C(C)C)C(F)(F)F.C=O. The van der Waals surface area contributed by atoms with Crippen LogP contribution in [0.25, 0.3) is 0 Å². The van der Waals surface area contributed by atoms with Gasteiger partial charge in [0.2, 0.25) is 14.8 Å². The summed E-state index contributed by atoms with van der Waals surface area (Å²) in [5.74, 6) is -0.728. The number of sulfone groups is 1. The molecule has 5 nitrogen and oxygen atoms in total. The Balaban J connectivity index is 0.00000344. The molecule has 1 aromatic rings. The number of amides is 1. The number of allylic oxidation sites excluding steroid dienone is 3. The van der Waals surface area contributed by atoms with Gasteiger partial charge in [-0.3, -0.25) is 4.79 Å². The highest BCUT2D eigenvalue weighted by Crippen LogP contribution is 2.41. The van der Waals surface area contributed by atoms with Gasteiger partial charge in [-0.1, -0.05) is 18.2 Å². The second-order valence-electron chi connectivity index (χ2n) is 8.43. The van der Waals surface area contributed by atoms with Crippen molar-refractivity contribution in [2.24, 2.45) is 0 Å². The molecule has 1 saturated carbocycles. The van der Waals surface area contributed by atoms with E-state index >= 15 is 4.39 Å². The fraction of sp³-hybridized carbons (Fsp3) is 0.385. The Bertz CT molecular complexity index is 1200. The Morgan fingerprint density at radius 2 is 1.56 bits per heavy atom. The van der Waals surface area contributed by atoms with Crippen molar-refractivity contribution in [3.63, 3.8) is 0 Å². The normalized spacial score (nSPS) is 19.5. The van der Waals surface area contributed by atoms with Crippen LogP contribution in [0.1, 0.15) is 45.1 Å². The molecular formula is C26H28F7NO4S. The molecule has 216 valence electrons. The molecule has 39 heavy (non-hydrogen) atoms. The van der Waals surface area contributed by atoms with Crippen molar-refractivity contribution in [1.29, 1.82) is 0 Å². The standard InChI is InChI=1S/C23H24F7NO3S.C2H2.CH2O/c1-14(2)19(8-7-15(3)22(25,26)27)20(32)31-17-9-11-21(24,12-10-17)35(33,34)18-6-4-5-16(13-18)23(28,29)30;2*1-2/h4-8,13,17H,3,9-12H2,1-2H3,(H,31,32);1-2H;1H2/b8-7-;;. The summed E-state index contributed by atoms with van der Waals surface area (Å²) in [5.41, 5.74) is -2.05. The Morgan fingerprint density at radius 3 is 2.00 bits per heavy atom. The van der Waals surface area contributed by atoms with Crippen molar-refractivity contribution in [3.8, 4) is 12.8 Å². The molecule has 13 heteroatoms. The van der Waals surface area contributed by atoms with Crippen molar-refractivity contribution >= 4 is 22.5 Å². The third kappa shape index (κ3) is 9.38.